The molecule has 0 aromatic carbocycles. The van der Waals surface area contributed by atoms with Crippen LogP contribution in [0.15, 0.2) is 21.7 Å². The van der Waals surface area contributed by atoms with Crippen molar-refractivity contribution in [2.24, 2.45) is 10.1 Å². The van der Waals surface area contributed by atoms with Gasteiger partial charge < -0.3 is 16.1 Å². The van der Waals surface area contributed by atoms with Crippen molar-refractivity contribution >= 4 is 34.8 Å². The Morgan fingerprint density at radius 1 is 1.27 bits per heavy atom. The molecule has 1 aromatic rings. The van der Waals surface area contributed by atoms with Gasteiger partial charge in [0.05, 0.1) is 40.3 Å². The van der Waals surface area contributed by atoms with Gasteiger partial charge in [0.2, 0.25) is 0 Å². The number of hydrogen-bond donors (Lipinski definition) is 3. The maximum Gasteiger partial charge on any atom is 0.262 e. The molecule has 1 aliphatic carbocycles. The van der Waals surface area contributed by atoms with E-state index in [0.717, 1.165) is 29.1 Å². The maximum atomic E-state index is 13.6. The first kappa shape index (κ1) is 16.4. The van der Waals surface area contributed by atoms with Crippen LogP contribution in [0, 0.1) is 0 Å². The van der Waals surface area contributed by atoms with Gasteiger partial charge in [0, 0.05) is 17.5 Å². The second-order valence-corrected chi connectivity index (χ2v) is 9.13. The van der Waals surface area contributed by atoms with Gasteiger partial charge in [-0.25, -0.2) is 13.8 Å². The number of nitrogens with one attached hydrogen (secondary N) is 3. The highest BCUT2D eigenvalue weighted by Crippen LogP contribution is 2.47. The molecule has 1 aromatic heterocycles. The number of hydrazone groups is 1. The maximum absolute atomic E-state index is 13.6. The smallest absolute Gasteiger partial charge is 0.262 e. The predicted molar refractivity (Wildman–Crippen MR) is 101 cm³/mol. The number of hydrogen-bond acceptors (Lipinski definition) is 6. The van der Waals surface area contributed by atoms with Crippen molar-refractivity contribution in [1.29, 1.82) is 0 Å². The summed E-state index contributed by atoms with van der Waals surface area (Å²) in [5, 5.41) is 10.5. The average molecular weight is 377 g/mol. The predicted octanol–water partition coefficient (Wildman–Crippen LogP) is 3.33. The monoisotopic (exact) mass is 377 g/mol. The summed E-state index contributed by atoms with van der Waals surface area (Å²) in [6.45, 7) is 3.96. The number of thiophene rings is 1. The van der Waals surface area contributed by atoms with Gasteiger partial charge in [-0.3, -0.25) is 0 Å². The summed E-state index contributed by atoms with van der Waals surface area (Å²) >= 11 is 1.73. The molecule has 1 unspecified atom stereocenters. The number of aliphatic imine (C=N–C) groups is 1. The third-order valence-electron chi connectivity index (χ3n) is 5.41. The summed E-state index contributed by atoms with van der Waals surface area (Å²) in [6.07, 6.45) is 3.86. The number of nitrogens with zero attached hydrogens (tertiary/aromatic N) is 2. The molecule has 5 nitrogen and oxygen atoms in total. The van der Waals surface area contributed by atoms with Crippen molar-refractivity contribution in [3.05, 3.63) is 21.4 Å². The van der Waals surface area contributed by atoms with Crippen LogP contribution in [0.4, 0.5) is 14.5 Å². The largest absolute Gasteiger partial charge is 0.341 e. The van der Waals surface area contributed by atoms with E-state index < -0.39 is 12.0 Å². The summed E-state index contributed by atoms with van der Waals surface area (Å²) in [5.74, 6) is -1.88. The van der Waals surface area contributed by atoms with Crippen LogP contribution in [-0.2, 0) is 0 Å². The van der Waals surface area contributed by atoms with Crippen LogP contribution in [0.2, 0.25) is 0 Å². The third kappa shape index (κ3) is 2.66. The van der Waals surface area contributed by atoms with Crippen LogP contribution in [0.25, 0.3) is 5.70 Å². The van der Waals surface area contributed by atoms with E-state index >= 15 is 0 Å². The van der Waals surface area contributed by atoms with Gasteiger partial charge in [-0.1, -0.05) is 0 Å². The van der Waals surface area contributed by atoms with Gasteiger partial charge in [0.15, 0.2) is 0 Å². The molecule has 2 fully saturated rings. The Morgan fingerprint density at radius 3 is 2.69 bits per heavy atom. The lowest BCUT2D eigenvalue weighted by molar-refractivity contribution is 0.0225. The molecule has 0 spiro atoms. The van der Waals surface area contributed by atoms with Crippen molar-refractivity contribution in [3.63, 3.8) is 0 Å². The molecule has 8 heteroatoms. The van der Waals surface area contributed by atoms with E-state index in [1.165, 1.54) is 10.5 Å². The van der Waals surface area contributed by atoms with E-state index in [9.17, 15) is 8.78 Å². The Kier molecular flexibility index (Phi) is 3.37. The lowest BCUT2D eigenvalue weighted by Crippen LogP contribution is -2.40. The van der Waals surface area contributed by atoms with Crippen LogP contribution >= 0.6 is 11.3 Å². The van der Waals surface area contributed by atoms with Crippen molar-refractivity contribution < 1.29 is 8.78 Å². The first-order valence-electron chi connectivity index (χ1n) is 8.96. The first-order valence-corrected chi connectivity index (χ1v) is 9.77. The molecule has 4 heterocycles. The first-order chi connectivity index (χ1) is 12.3. The molecule has 3 aliphatic heterocycles. The van der Waals surface area contributed by atoms with Crippen LogP contribution < -0.4 is 16.1 Å². The van der Waals surface area contributed by atoms with Crippen LogP contribution in [0.1, 0.15) is 48.8 Å². The molecule has 1 saturated heterocycles. The Bertz CT molecular complexity index is 861. The molecular weight excluding hydrogens is 356 g/mol. The topological polar surface area (TPSA) is 60.8 Å². The number of fused-ring (bicyclic) bond motifs is 1. The molecule has 5 rings (SSSR count). The van der Waals surface area contributed by atoms with Gasteiger partial charge in [-0.05, 0) is 38.3 Å². The van der Waals surface area contributed by atoms with Crippen LogP contribution in [0.3, 0.4) is 0 Å². The quantitative estimate of drug-likeness (QED) is 0.741. The third-order valence-corrected chi connectivity index (χ3v) is 6.63. The van der Waals surface area contributed by atoms with Gasteiger partial charge in [0.1, 0.15) is 5.84 Å². The van der Waals surface area contributed by atoms with Crippen molar-refractivity contribution in [2.75, 3.05) is 6.54 Å². The minimum absolute atomic E-state index is 0.143. The average Bonchev–Trinajstić information content (AvgIpc) is 3.07. The number of rotatable bonds is 2. The summed E-state index contributed by atoms with van der Waals surface area (Å²) in [6, 6.07) is 1.67. The second kappa shape index (κ2) is 5.36. The molecule has 4 aliphatic rings. The van der Waals surface area contributed by atoms with Gasteiger partial charge in [-0.2, -0.15) is 5.10 Å². The Morgan fingerprint density at radius 2 is 2.08 bits per heavy atom. The molecule has 2 atom stereocenters. The van der Waals surface area contributed by atoms with Crippen molar-refractivity contribution in [2.45, 2.75) is 56.5 Å². The van der Waals surface area contributed by atoms with Crippen LogP contribution in [-0.4, -0.2) is 36.1 Å². The zero-order chi connectivity index (χ0) is 18.1. The fourth-order valence-corrected chi connectivity index (χ4v) is 5.15. The standard InChI is InChI=1S/C18H21F2N5S/c1-17(2)10(7-22-25-17)13-5-11-15(26-13)14(9-3-4-9)24-16(23-11)12-6-18(19,20)8-21-12/h5,7,10,12,21,25H,3-4,6,8H2,1-2H3,(H,23,24)/t10?,12-/m0/s1. The zero-order valence-corrected chi connectivity index (χ0v) is 15.5. The van der Waals surface area contributed by atoms with E-state index in [1.54, 1.807) is 11.3 Å². The normalized spacial score (nSPS) is 30.7. The van der Waals surface area contributed by atoms with Gasteiger partial charge >= 0.3 is 0 Å². The van der Waals surface area contributed by atoms with E-state index in [0.29, 0.717) is 5.84 Å². The molecule has 0 radical (unpaired) electrons. The molecule has 138 valence electrons. The fraction of sp³-hybridized carbons (Fsp3) is 0.556. The molecule has 26 heavy (non-hydrogen) atoms. The lowest BCUT2D eigenvalue weighted by Gasteiger charge is -2.24. The molecule has 0 bridgehead atoms. The highest BCUT2D eigenvalue weighted by molar-refractivity contribution is 7.14. The van der Waals surface area contributed by atoms with Gasteiger partial charge in [0.25, 0.3) is 5.92 Å². The van der Waals surface area contributed by atoms with E-state index in [4.69, 9.17) is 4.99 Å². The minimum atomic E-state index is -2.67. The Balaban J connectivity index is 1.54. The Labute approximate surface area is 154 Å². The van der Waals surface area contributed by atoms with Crippen LogP contribution in [0.5, 0.6) is 0 Å². The van der Waals surface area contributed by atoms with Gasteiger partial charge in [-0.15, -0.1) is 11.3 Å². The summed E-state index contributed by atoms with van der Waals surface area (Å²) < 4.78 is 27.3. The summed E-state index contributed by atoms with van der Waals surface area (Å²) in [4.78, 5) is 7.03. The van der Waals surface area contributed by atoms with Crippen molar-refractivity contribution in [1.82, 2.24) is 16.1 Å². The number of amidine groups is 1. The Hall–Kier alpha value is -1.80. The zero-order valence-electron chi connectivity index (χ0n) is 14.7. The van der Waals surface area contributed by atoms with E-state index in [2.05, 4.69) is 41.1 Å². The van der Waals surface area contributed by atoms with Crippen molar-refractivity contribution in [3.8, 4) is 0 Å². The summed E-state index contributed by atoms with van der Waals surface area (Å²) in [7, 11) is 0. The molecule has 0 amide bonds. The number of halogens is 2. The van der Waals surface area contributed by atoms with E-state index in [1.807, 2.05) is 6.21 Å². The minimum Gasteiger partial charge on any atom is -0.341 e. The molecule has 1 saturated carbocycles. The number of allylic oxidation sites excluding steroid dienone is 1. The lowest BCUT2D eigenvalue weighted by atomic mass is 9.89. The van der Waals surface area contributed by atoms with E-state index in [-0.39, 0.29) is 24.4 Å². The summed E-state index contributed by atoms with van der Waals surface area (Å²) in [5.41, 5.74) is 6.34. The number of alkyl halides is 2. The molecular formula is C18H21F2N5S. The fourth-order valence-electron chi connectivity index (χ4n) is 3.76. The highest BCUT2D eigenvalue weighted by atomic mass is 32.1. The second-order valence-electron chi connectivity index (χ2n) is 8.05. The molecule has 3 N–H and O–H groups in total. The highest BCUT2D eigenvalue weighted by Gasteiger charge is 2.43. The SMILES string of the molecule is CC1(C)NN=CC1c1cc2c(s1)C(=C1CC1)NC([C@@H]1CC(F)(F)CN1)=N2.